The lowest BCUT2D eigenvalue weighted by molar-refractivity contribution is -0.137. The van der Waals surface area contributed by atoms with E-state index in [4.69, 9.17) is 0 Å². The molecule has 9 heavy (non-hydrogen) atoms. The summed E-state index contributed by atoms with van der Waals surface area (Å²) in [6.45, 7) is 0. The van der Waals surface area contributed by atoms with Crippen molar-refractivity contribution in [2.45, 2.75) is 0 Å². The molecule has 0 rings (SSSR count). The topological polar surface area (TPSA) is 26.3 Å². The van der Waals surface area contributed by atoms with Gasteiger partial charge in [-0.25, -0.2) is 0 Å². The van der Waals surface area contributed by atoms with Crippen molar-refractivity contribution in [3.8, 4) is 0 Å². The molecule has 0 spiro atoms. The number of carbonyl (C=O) groups excluding carboxylic acids is 1. The third-order valence-corrected chi connectivity index (χ3v) is 2.55. The second kappa shape index (κ2) is 3.65. The molecule has 4 heteroatoms. The minimum atomic E-state index is -0.740. The Morgan fingerprint density at radius 1 is 1.67 bits per heavy atom. The number of hydrogen-bond donors (Lipinski definition) is 0. The Bertz CT molecular complexity index is 108. The Balaban J connectivity index is 3.60. The van der Waals surface area contributed by atoms with E-state index < -0.39 is 7.20 Å². The minimum absolute atomic E-state index is 0.107. The molecule has 0 unspecified atom stereocenters. The summed E-state index contributed by atoms with van der Waals surface area (Å²) in [5.41, 5.74) is 0. The van der Waals surface area contributed by atoms with E-state index in [1.807, 2.05) is 0 Å². The number of ether oxygens (including phenoxy) is 1. The lowest BCUT2D eigenvalue weighted by Crippen LogP contribution is -2.09. The zero-order chi connectivity index (χ0) is 7.49. The molecule has 0 radical (unpaired) electrons. The first-order valence-corrected chi connectivity index (χ1v) is 7.59. The van der Waals surface area contributed by atoms with E-state index in [2.05, 4.69) is 38.5 Å². The maximum absolute atomic E-state index is 10.6. The molecule has 0 atom stereocenters. The molecule has 0 fully saturated rings. The van der Waals surface area contributed by atoms with Crippen molar-refractivity contribution in [3.05, 3.63) is 0 Å². The first-order valence-electron chi connectivity index (χ1n) is 2.43. The lowest BCUT2D eigenvalue weighted by Gasteiger charge is -2.19. The largest absolute Gasteiger partial charge is 0.468 e. The second-order valence-electron chi connectivity index (χ2n) is 2.12. The standard InChI is InChI=1S/C5H11IO2S/c1-8-5(7)4-9(2,3)6/h4H2,1-3H3. The number of rotatable bonds is 2. The number of hydrogen-bond acceptors (Lipinski definition) is 2. The molecule has 0 heterocycles. The van der Waals surface area contributed by atoms with Gasteiger partial charge in [-0.1, -0.05) is 0 Å². The van der Waals surface area contributed by atoms with E-state index in [1.165, 1.54) is 7.11 Å². The normalized spacial score (nSPS) is 12.9. The average Bonchev–Trinajstić information content (AvgIpc) is 1.62. The van der Waals surface area contributed by atoms with Crippen LogP contribution >= 0.6 is 28.4 Å². The highest BCUT2D eigenvalue weighted by Crippen LogP contribution is 2.48. The summed E-state index contributed by atoms with van der Waals surface area (Å²) in [6, 6.07) is 0. The van der Waals surface area contributed by atoms with E-state index in [0.717, 1.165) is 0 Å². The third kappa shape index (κ3) is 6.44. The quantitative estimate of drug-likeness (QED) is 0.557. The SMILES string of the molecule is COC(=O)CS(C)(C)I. The maximum atomic E-state index is 10.6. The summed E-state index contributed by atoms with van der Waals surface area (Å²) in [5.74, 6) is 0.453. The van der Waals surface area contributed by atoms with Gasteiger partial charge in [0.15, 0.2) is 0 Å². The van der Waals surface area contributed by atoms with E-state index in [-0.39, 0.29) is 5.97 Å². The molecule has 0 N–H and O–H groups in total. The van der Waals surface area contributed by atoms with Crippen molar-refractivity contribution in [2.24, 2.45) is 0 Å². The first-order chi connectivity index (χ1) is 3.95. The Labute approximate surface area is 69.2 Å². The fourth-order valence-corrected chi connectivity index (χ4v) is 1.78. The van der Waals surface area contributed by atoms with Gasteiger partial charge in [0.2, 0.25) is 0 Å². The zero-order valence-corrected chi connectivity index (χ0v) is 8.78. The van der Waals surface area contributed by atoms with Gasteiger partial charge in [-0.3, -0.25) is 4.79 Å². The van der Waals surface area contributed by atoms with E-state index in [1.54, 1.807) is 0 Å². The molecule has 0 aliphatic rings. The average molecular weight is 262 g/mol. The zero-order valence-electron chi connectivity index (χ0n) is 5.81. The highest BCUT2D eigenvalue weighted by Gasteiger charge is 2.12. The van der Waals surface area contributed by atoms with Gasteiger partial charge in [0.1, 0.15) is 0 Å². The van der Waals surface area contributed by atoms with Crippen LogP contribution in [0.1, 0.15) is 0 Å². The molecule has 0 saturated heterocycles. The predicted molar refractivity (Wildman–Crippen MR) is 50.3 cm³/mol. The molecule has 2 nitrogen and oxygen atoms in total. The Kier molecular flexibility index (Phi) is 3.88. The molecule has 0 aromatic rings. The molecular formula is C5H11IO2S. The third-order valence-electron chi connectivity index (χ3n) is 0.689. The van der Waals surface area contributed by atoms with Gasteiger partial charge in [0, 0.05) is 0 Å². The Morgan fingerprint density at radius 2 is 2.11 bits per heavy atom. The number of halogens is 1. The van der Waals surface area contributed by atoms with Crippen LogP contribution in [0.3, 0.4) is 0 Å². The Morgan fingerprint density at radius 3 is 2.22 bits per heavy atom. The molecule has 0 aliphatic carbocycles. The fraction of sp³-hybridized carbons (Fsp3) is 0.800. The molecule has 0 aromatic carbocycles. The van der Waals surface area contributed by atoms with Gasteiger partial charge in [0.05, 0.1) is 12.9 Å². The van der Waals surface area contributed by atoms with E-state index in [9.17, 15) is 4.79 Å². The Hall–Kier alpha value is 0.550. The molecule has 0 amide bonds. The van der Waals surface area contributed by atoms with E-state index in [0.29, 0.717) is 5.75 Å². The van der Waals surface area contributed by atoms with Gasteiger partial charge < -0.3 is 4.74 Å². The van der Waals surface area contributed by atoms with Gasteiger partial charge in [-0.05, 0) is 33.7 Å². The fourth-order valence-electron chi connectivity index (χ4n) is 0.339. The van der Waals surface area contributed by atoms with Gasteiger partial charge in [-0.15, -0.1) is 0 Å². The number of carbonyl (C=O) groups is 1. The summed E-state index contributed by atoms with van der Waals surface area (Å²) < 4.78 is 4.50. The molecule has 0 aromatic heterocycles. The lowest BCUT2D eigenvalue weighted by atomic mass is 10.8. The van der Waals surface area contributed by atoms with Crippen LogP contribution in [0.2, 0.25) is 0 Å². The molecule has 0 saturated carbocycles. The smallest absolute Gasteiger partial charge is 0.314 e. The van der Waals surface area contributed by atoms with Crippen molar-refractivity contribution in [3.63, 3.8) is 0 Å². The molecular weight excluding hydrogens is 251 g/mol. The first kappa shape index (κ1) is 9.55. The molecule has 0 bridgehead atoms. The predicted octanol–water partition coefficient (Wildman–Crippen LogP) is 1.57. The number of esters is 1. The van der Waals surface area contributed by atoms with Crippen molar-refractivity contribution in [1.82, 2.24) is 0 Å². The highest BCUT2D eigenvalue weighted by atomic mass is 127. The summed E-state index contributed by atoms with van der Waals surface area (Å²) in [6.07, 6.45) is 4.15. The van der Waals surface area contributed by atoms with Gasteiger partial charge >= 0.3 is 5.97 Å². The number of methoxy groups -OCH3 is 1. The minimum Gasteiger partial charge on any atom is -0.468 e. The van der Waals surface area contributed by atoms with Gasteiger partial charge in [0.25, 0.3) is 0 Å². The molecule has 56 valence electrons. The van der Waals surface area contributed by atoms with Crippen LogP contribution in [-0.4, -0.2) is 31.3 Å². The van der Waals surface area contributed by atoms with Crippen molar-refractivity contribution < 1.29 is 9.53 Å². The van der Waals surface area contributed by atoms with Crippen molar-refractivity contribution >= 4 is 34.4 Å². The van der Waals surface area contributed by atoms with Crippen molar-refractivity contribution in [1.29, 1.82) is 0 Å². The van der Waals surface area contributed by atoms with Crippen LogP contribution in [0.5, 0.6) is 0 Å². The summed E-state index contributed by atoms with van der Waals surface area (Å²) in [4.78, 5) is 10.6. The highest BCUT2D eigenvalue weighted by molar-refractivity contribution is 14.2. The summed E-state index contributed by atoms with van der Waals surface area (Å²) >= 11 is 2.30. The van der Waals surface area contributed by atoms with Crippen molar-refractivity contribution in [2.75, 3.05) is 25.4 Å². The molecule has 0 aliphatic heterocycles. The van der Waals surface area contributed by atoms with Crippen LogP contribution in [0.4, 0.5) is 0 Å². The van der Waals surface area contributed by atoms with Crippen LogP contribution in [-0.2, 0) is 9.53 Å². The summed E-state index contributed by atoms with van der Waals surface area (Å²) in [5, 5.41) is 0. The summed E-state index contributed by atoms with van der Waals surface area (Å²) in [7, 11) is 0.681. The van der Waals surface area contributed by atoms with Gasteiger partial charge in [-0.2, -0.15) is 7.20 Å². The van der Waals surface area contributed by atoms with Crippen LogP contribution < -0.4 is 0 Å². The van der Waals surface area contributed by atoms with Crippen LogP contribution in [0.25, 0.3) is 0 Å². The van der Waals surface area contributed by atoms with E-state index >= 15 is 0 Å². The monoisotopic (exact) mass is 262 g/mol. The maximum Gasteiger partial charge on any atom is 0.314 e. The second-order valence-corrected chi connectivity index (χ2v) is 12.4. The van der Waals surface area contributed by atoms with Crippen LogP contribution in [0, 0.1) is 0 Å². The van der Waals surface area contributed by atoms with Crippen LogP contribution in [0.15, 0.2) is 0 Å².